The summed E-state index contributed by atoms with van der Waals surface area (Å²) in [5.74, 6) is 0. The number of likely N-dealkylation sites (tertiary alicyclic amines) is 1. The lowest BCUT2D eigenvalue weighted by Gasteiger charge is -2.18. The Bertz CT molecular complexity index is 303. The van der Waals surface area contributed by atoms with Crippen molar-refractivity contribution < 1.29 is 0 Å². The third kappa shape index (κ3) is 3.46. The van der Waals surface area contributed by atoms with Gasteiger partial charge in [0, 0.05) is 24.2 Å². The predicted molar refractivity (Wildman–Crippen MR) is 70.0 cm³/mol. The molecule has 1 aromatic rings. The zero-order chi connectivity index (χ0) is 11.2. The van der Waals surface area contributed by atoms with Crippen molar-refractivity contribution in [1.29, 1.82) is 0 Å². The molecule has 1 aromatic heterocycles. The monoisotopic (exact) mass is 239 g/mol. The zero-order valence-electron chi connectivity index (χ0n) is 10.0. The molecule has 0 bridgehead atoms. The molecule has 0 amide bonds. The number of anilines is 1. The van der Waals surface area contributed by atoms with Crippen molar-refractivity contribution in [3.63, 3.8) is 0 Å². The SMILES string of the molecule is CCNc1ncc(CN2CCCCCC2)s1. The Balaban J connectivity index is 1.86. The summed E-state index contributed by atoms with van der Waals surface area (Å²) in [5, 5.41) is 4.33. The molecule has 1 saturated heterocycles. The van der Waals surface area contributed by atoms with Crippen LogP contribution in [-0.2, 0) is 6.54 Å². The third-order valence-corrected chi connectivity index (χ3v) is 3.90. The topological polar surface area (TPSA) is 28.2 Å². The Morgan fingerprint density at radius 3 is 2.75 bits per heavy atom. The van der Waals surface area contributed by atoms with Crippen LogP contribution >= 0.6 is 11.3 Å². The number of hydrogen-bond donors (Lipinski definition) is 1. The van der Waals surface area contributed by atoms with E-state index in [1.165, 1.54) is 43.6 Å². The second kappa shape index (κ2) is 6.21. The lowest BCUT2D eigenvalue weighted by molar-refractivity contribution is 0.279. The maximum absolute atomic E-state index is 4.38. The average Bonchev–Trinajstić information content (AvgIpc) is 2.56. The molecule has 0 atom stereocenters. The number of nitrogens with one attached hydrogen (secondary N) is 1. The summed E-state index contributed by atoms with van der Waals surface area (Å²) in [4.78, 5) is 8.33. The van der Waals surface area contributed by atoms with E-state index in [1.807, 2.05) is 6.20 Å². The summed E-state index contributed by atoms with van der Waals surface area (Å²) >= 11 is 1.79. The smallest absolute Gasteiger partial charge is 0.182 e. The molecule has 1 N–H and O–H groups in total. The van der Waals surface area contributed by atoms with Crippen LogP contribution < -0.4 is 5.32 Å². The van der Waals surface area contributed by atoms with Crippen LogP contribution in [0.25, 0.3) is 0 Å². The molecule has 90 valence electrons. The van der Waals surface area contributed by atoms with Crippen LogP contribution in [0.4, 0.5) is 5.13 Å². The van der Waals surface area contributed by atoms with E-state index in [0.29, 0.717) is 0 Å². The van der Waals surface area contributed by atoms with Gasteiger partial charge in [-0.1, -0.05) is 12.8 Å². The molecule has 3 nitrogen and oxygen atoms in total. The maximum atomic E-state index is 4.38. The Morgan fingerprint density at radius 1 is 1.31 bits per heavy atom. The molecule has 0 spiro atoms. The minimum absolute atomic E-state index is 0.955. The lowest BCUT2D eigenvalue weighted by Crippen LogP contribution is -2.23. The first-order valence-electron chi connectivity index (χ1n) is 6.29. The molecule has 1 fully saturated rings. The molecule has 2 rings (SSSR count). The zero-order valence-corrected chi connectivity index (χ0v) is 10.9. The first-order chi connectivity index (χ1) is 7.88. The summed E-state index contributed by atoms with van der Waals surface area (Å²) in [6, 6.07) is 0. The second-order valence-electron chi connectivity index (χ2n) is 4.35. The predicted octanol–water partition coefficient (Wildman–Crippen LogP) is 2.95. The minimum atomic E-state index is 0.955. The van der Waals surface area contributed by atoms with E-state index >= 15 is 0 Å². The van der Waals surface area contributed by atoms with Crippen LogP contribution in [0.3, 0.4) is 0 Å². The fraction of sp³-hybridized carbons (Fsp3) is 0.750. The molecule has 0 saturated carbocycles. The van der Waals surface area contributed by atoms with E-state index in [2.05, 4.69) is 22.1 Å². The van der Waals surface area contributed by atoms with Gasteiger partial charge in [-0.3, -0.25) is 4.90 Å². The number of rotatable bonds is 4. The Labute approximate surface area is 102 Å². The highest BCUT2D eigenvalue weighted by atomic mass is 32.1. The molecule has 0 unspecified atom stereocenters. The first-order valence-corrected chi connectivity index (χ1v) is 7.11. The molecule has 0 aromatic carbocycles. The quantitative estimate of drug-likeness (QED) is 0.875. The fourth-order valence-corrected chi connectivity index (χ4v) is 3.05. The van der Waals surface area contributed by atoms with Gasteiger partial charge in [0.2, 0.25) is 0 Å². The van der Waals surface area contributed by atoms with E-state index in [1.54, 1.807) is 11.3 Å². The van der Waals surface area contributed by atoms with Gasteiger partial charge < -0.3 is 5.32 Å². The van der Waals surface area contributed by atoms with Crippen molar-refractivity contribution in [3.8, 4) is 0 Å². The lowest BCUT2D eigenvalue weighted by atomic mass is 10.2. The molecule has 0 radical (unpaired) electrons. The number of hydrogen-bond acceptors (Lipinski definition) is 4. The van der Waals surface area contributed by atoms with E-state index < -0.39 is 0 Å². The van der Waals surface area contributed by atoms with Gasteiger partial charge in [-0.25, -0.2) is 4.98 Å². The Morgan fingerprint density at radius 2 is 2.06 bits per heavy atom. The van der Waals surface area contributed by atoms with Gasteiger partial charge >= 0.3 is 0 Å². The minimum Gasteiger partial charge on any atom is -0.362 e. The highest BCUT2D eigenvalue weighted by Gasteiger charge is 2.11. The van der Waals surface area contributed by atoms with Crippen LogP contribution in [0, 0.1) is 0 Å². The highest BCUT2D eigenvalue weighted by molar-refractivity contribution is 7.15. The molecule has 4 heteroatoms. The largest absolute Gasteiger partial charge is 0.362 e. The molecule has 16 heavy (non-hydrogen) atoms. The van der Waals surface area contributed by atoms with Crippen molar-refractivity contribution in [1.82, 2.24) is 9.88 Å². The van der Waals surface area contributed by atoms with E-state index in [0.717, 1.165) is 18.2 Å². The summed E-state index contributed by atoms with van der Waals surface area (Å²) in [7, 11) is 0. The van der Waals surface area contributed by atoms with Crippen molar-refractivity contribution >= 4 is 16.5 Å². The number of nitrogens with zero attached hydrogens (tertiary/aromatic N) is 2. The van der Waals surface area contributed by atoms with Crippen molar-refractivity contribution in [2.75, 3.05) is 25.0 Å². The summed E-state index contributed by atoms with van der Waals surface area (Å²) in [6.07, 6.45) is 7.55. The Kier molecular flexibility index (Phi) is 4.60. The van der Waals surface area contributed by atoms with Crippen LogP contribution in [0.1, 0.15) is 37.5 Å². The molecular weight excluding hydrogens is 218 g/mol. The van der Waals surface area contributed by atoms with Gasteiger partial charge in [0.1, 0.15) is 0 Å². The van der Waals surface area contributed by atoms with Crippen molar-refractivity contribution in [2.24, 2.45) is 0 Å². The maximum Gasteiger partial charge on any atom is 0.182 e. The van der Waals surface area contributed by atoms with Gasteiger partial charge in [0.15, 0.2) is 5.13 Å². The molecule has 1 aliphatic heterocycles. The van der Waals surface area contributed by atoms with Gasteiger partial charge in [-0.05, 0) is 32.9 Å². The second-order valence-corrected chi connectivity index (χ2v) is 5.47. The van der Waals surface area contributed by atoms with Gasteiger partial charge in [0.05, 0.1) is 0 Å². The van der Waals surface area contributed by atoms with Gasteiger partial charge in [-0.15, -0.1) is 11.3 Å². The summed E-state index contributed by atoms with van der Waals surface area (Å²) in [5.41, 5.74) is 0. The normalized spacial score (nSPS) is 18.3. The van der Waals surface area contributed by atoms with Crippen LogP contribution in [-0.4, -0.2) is 29.5 Å². The van der Waals surface area contributed by atoms with E-state index in [4.69, 9.17) is 0 Å². The number of thiazole rings is 1. The van der Waals surface area contributed by atoms with Crippen molar-refractivity contribution in [2.45, 2.75) is 39.2 Å². The van der Waals surface area contributed by atoms with Gasteiger partial charge in [0.25, 0.3) is 0 Å². The van der Waals surface area contributed by atoms with E-state index in [-0.39, 0.29) is 0 Å². The summed E-state index contributed by atoms with van der Waals surface area (Å²) in [6.45, 7) is 6.67. The summed E-state index contributed by atoms with van der Waals surface area (Å²) < 4.78 is 0. The molecule has 0 aliphatic carbocycles. The molecule has 1 aliphatic rings. The Hall–Kier alpha value is -0.610. The number of aromatic nitrogens is 1. The molecule has 2 heterocycles. The van der Waals surface area contributed by atoms with Crippen molar-refractivity contribution in [3.05, 3.63) is 11.1 Å². The standard InChI is InChI=1S/C12H21N3S/c1-2-13-12-14-9-11(16-12)10-15-7-5-3-4-6-8-15/h9H,2-8,10H2,1H3,(H,13,14). The van der Waals surface area contributed by atoms with Crippen LogP contribution in [0.5, 0.6) is 0 Å². The first kappa shape index (κ1) is 11.9. The highest BCUT2D eigenvalue weighted by Crippen LogP contribution is 2.21. The van der Waals surface area contributed by atoms with Gasteiger partial charge in [-0.2, -0.15) is 0 Å². The van der Waals surface area contributed by atoms with E-state index in [9.17, 15) is 0 Å². The average molecular weight is 239 g/mol. The van der Waals surface area contributed by atoms with Crippen LogP contribution in [0.2, 0.25) is 0 Å². The fourth-order valence-electron chi connectivity index (χ4n) is 2.13. The third-order valence-electron chi connectivity index (χ3n) is 2.96. The molecular formula is C12H21N3S. The van der Waals surface area contributed by atoms with Crippen LogP contribution in [0.15, 0.2) is 6.20 Å².